The zero-order valence-electron chi connectivity index (χ0n) is 21.8. The van der Waals surface area contributed by atoms with Crippen molar-refractivity contribution in [2.75, 3.05) is 23.1 Å². The number of alkyl halides is 1. The number of sulfonamides is 1. The normalized spacial score (nSPS) is 17.5. The third kappa shape index (κ3) is 6.03. The van der Waals surface area contributed by atoms with Gasteiger partial charge in [-0.05, 0) is 24.6 Å². The standard InChI is InChI=1S/C27H26F4N6O3S/c1-2-37-25-16(11-33-27(35-25)34-18-9-17(28)12-32-13-18)8-20(26(37)38)19-10-21(29)24(23(31)22(19)30)36-41(39,40)14-15-6-4-3-5-7-15/h3-8,10-11,17-18,32,36H,2,9,12-14H2,1H3,(H,33,34,35)/t17-,18-/m0/s1. The zero-order chi connectivity index (χ0) is 29.3. The van der Waals surface area contributed by atoms with E-state index in [0.717, 1.165) is 0 Å². The summed E-state index contributed by atoms with van der Waals surface area (Å²) in [6, 6.07) is 9.42. The first-order valence-electron chi connectivity index (χ1n) is 12.8. The summed E-state index contributed by atoms with van der Waals surface area (Å²) >= 11 is 0. The maximum absolute atomic E-state index is 15.3. The molecule has 1 saturated heterocycles. The Morgan fingerprint density at radius 1 is 1.07 bits per heavy atom. The Bertz CT molecular complexity index is 1770. The number of benzene rings is 2. The van der Waals surface area contributed by atoms with Crippen LogP contribution in [0.1, 0.15) is 18.9 Å². The van der Waals surface area contributed by atoms with Crippen LogP contribution in [0.3, 0.4) is 0 Å². The molecule has 1 aliphatic heterocycles. The second kappa shape index (κ2) is 11.4. The Hall–Kier alpha value is -4.04. The first-order valence-corrected chi connectivity index (χ1v) is 14.5. The highest BCUT2D eigenvalue weighted by atomic mass is 32.2. The predicted octanol–water partition coefficient (Wildman–Crippen LogP) is 3.95. The van der Waals surface area contributed by atoms with Gasteiger partial charge in [0.15, 0.2) is 17.5 Å². The molecule has 2 atom stereocenters. The van der Waals surface area contributed by atoms with Gasteiger partial charge in [-0.25, -0.2) is 31.0 Å². The van der Waals surface area contributed by atoms with E-state index in [1.54, 1.807) is 29.8 Å². The van der Waals surface area contributed by atoms with Crippen LogP contribution in [0.4, 0.5) is 29.2 Å². The number of aryl methyl sites for hydroxylation is 1. The molecule has 2 aromatic carbocycles. The van der Waals surface area contributed by atoms with E-state index in [2.05, 4.69) is 20.6 Å². The first kappa shape index (κ1) is 28.5. The van der Waals surface area contributed by atoms with E-state index in [1.165, 1.54) is 29.0 Å². The average molecular weight is 591 g/mol. The third-order valence-electron chi connectivity index (χ3n) is 6.68. The summed E-state index contributed by atoms with van der Waals surface area (Å²) in [5.41, 5.74) is -2.48. The number of hydrogen-bond acceptors (Lipinski definition) is 7. The number of halogens is 4. The lowest BCUT2D eigenvalue weighted by Gasteiger charge is -2.26. The fraction of sp³-hybridized carbons (Fsp3) is 0.296. The van der Waals surface area contributed by atoms with Gasteiger partial charge in [0.25, 0.3) is 5.56 Å². The van der Waals surface area contributed by atoms with Gasteiger partial charge in [0, 0.05) is 49.2 Å². The molecule has 0 spiro atoms. The SMILES string of the molecule is CCn1c(=O)c(-c2cc(F)c(NS(=O)(=O)Cc3ccccc3)c(F)c2F)cc2cnc(N[C@@H]3CNC[C@@H](F)C3)nc21. The minimum Gasteiger partial charge on any atom is -0.350 e. The van der Waals surface area contributed by atoms with Gasteiger partial charge in [0.05, 0.1) is 11.3 Å². The molecule has 2 aromatic heterocycles. The van der Waals surface area contributed by atoms with E-state index < -0.39 is 56.2 Å². The van der Waals surface area contributed by atoms with Crippen molar-refractivity contribution in [1.29, 1.82) is 0 Å². The summed E-state index contributed by atoms with van der Waals surface area (Å²) in [5.74, 6) is -5.23. The molecular formula is C27H26F4N6O3S. The van der Waals surface area contributed by atoms with Crippen molar-refractivity contribution in [3.63, 3.8) is 0 Å². The molecule has 0 amide bonds. The molecular weight excluding hydrogens is 564 g/mol. The number of aromatic nitrogens is 3. The van der Waals surface area contributed by atoms with Crippen molar-refractivity contribution >= 4 is 32.7 Å². The second-order valence-electron chi connectivity index (χ2n) is 9.67. The van der Waals surface area contributed by atoms with Crippen LogP contribution < -0.4 is 20.9 Å². The fourth-order valence-electron chi connectivity index (χ4n) is 4.77. The van der Waals surface area contributed by atoms with Crippen LogP contribution in [0, 0.1) is 17.5 Å². The van der Waals surface area contributed by atoms with E-state index in [-0.39, 0.29) is 48.1 Å². The molecule has 0 saturated carbocycles. The van der Waals surface area contributed by atoms with Crippen molar-refractivity contribution in [2.24, 2.45) is 0 Å². The number of piperidine rings is 1. The Morgan fingerprint density at radius 2 is 1.83 bits per heavy atom. The van der Waals surface area contributed by atoms with Crippen LogP contribution in [0.15, 0.2) is 53.5 Å². The van der Waals surface area contributed by atoms with Crippen molar-refractivity contribution < 1.29 is 26.0 Å². The molecule has 1 aliphatic rings. The summed E-state index contributed by atoms with van der Waals surface area (Å²) in [6.07, 6.45) is 0.585. The predicted molar refractivity (Wildman–Crippen MR) is 147 cm³/mol. The van der Waals surface area contributed by atoms with Gasteiger partial charge in [-0.1, -0.05) is 30.3 Å². The summed E-state index contributed by atoms with van der Waals surface area (Å²) in [4.78, 5) is 21.9. The molecule has 3 heterocycles. The van der Waals surface area contributed by atoms with Gasteiger partial charge in [-0.2, -0.15) is 4.98 Å². The van der Waals surface area contributed by atoms with Crippen LogP contribution in [-0.4, -0.2) is 48.3 Å². The number of fused-ring (bicyclic) bond motifs is 1. The van der Waals surface area contributed by atoms with Crippen molar-refractivity contribution in [2.45, 2.75) is 37.9 Å². The average Bonchev–Trinajstić information content (AvgIpc) is 2.93. The highest BCUT2D eigenvalue weighted by molar-refractivity contribution is 7.91. The van der Waals surface area contributed by atoms with Gasteiger partial charge in [0.1, 0.15) is 17.5 Å². The Morgan fingerprint density at radius 3 is 2.54 bits per heavy atom. The smallest absolute Gasteiger partial charge is 0.260 e. The number of hydrogen-bond donors (Lipinski definition) is 3. The molecule has 3 N–H and O–H groups in total. The molecule has 0 unspecified atom stereocenters. The van der Waals surface area contributed by atoms with E-state index >= 15 is 13.2 Å². The molecule has 0 bridgehead atoms. The van der Waals surface area contributed by atoms with Gasteiger partial charge in [-0.15, -0.1) is 0 Å². The van der Waals surface area contributed by atoms with Crippen LogP contribution in [-0.2, 0) is 22.3 Å². The molecule has 1 fully saturated rings. The molecule has 4 aromatic rings. The molecule has 41 heavy (non-hydrogen) atoms. The Labute approximate surface area is 232 Å². The van der Waals surface area contributed by atoms with Crippen LogP contribution in [0.5, 0.6) is 0 Å². The van der Waals surface area contributed by atoms with E-state index in [4.69, 9.17) is 0 Å². The zero-order valence-corrected chi connectivity index (χ0v) is 22.6. The highest BCUT2D eigenvalue weighted by Crippen LogP contribution is 2.32. The number of rotatable bonds is 8. The fourth-order valence-corrected chi connectivity index (χ4v) is 5.97. The summed E-state index contributed by atoms with van der Waals surface area (Å²) in [7, 11) is -4.30. The summed E-state index contributed by atoms with van der Waals surface area (Å²) in [5, 5.41) is 6.27. The number of pyridine rings is 1. The monoisotopic (exact) mass is 590 g/mol. The van der Waals surface area contributed by atoms with Gasteiger partial charge in [-0.3, -0.25) is 14.1 Å². The number of nitrogens with one attached hydrogen (secondary N) is 3. The third-order valence-corrected chi connectivity index (χ3v) is 7.91. The second-order valence-corrected chi connectivity index (χ2v) is 11.4. The number of nitrogens with zero attached hydrogens (tertiary/aromatic N) is 3. The quantitative estimate of drug-likeness (QED) is 0.210. The number of anilines is 2. The van der Waals surface area contributed by atoms with Gasteiger partial charge < -0.3 is 10.6 Å². The summed E-state index contributed by atoms with van der Waals surface area (Å²) in [6.45, 7) is 2.48. The molecule has 0 radical (unpaired) electrons. The molecule has 14 heteroatoms. The highest BCUT2D eigenvalue weighted by Gasteiger charge is 2.26. The minimum atomic E-state index is -4.30. The van der Waals surface area contributed by atoms with Crippen molar-refractivity contribution in [1.82, 2.24) is 19.9 Å². The van der Waals surface area contributed by atoms with Gasteiger partial charge >= 0.3 is 0 Å². The van der Waals surface area contributed by atoms with Crippen molar-refractivity contribution in [3.05, 3.63) is 82.0 Å². The van der Waals surface area contributed by atoms with Gasteiger partial charge in [0.2, 0.25) is 16.0 Å². The molecule has 0 aliphatic carbocycles. The summed E-state index contributed by atoms with van der Waals surface area (Å²) < 4.78 is 87.2. The van der Waals surface area contributed by atoms with Crippen LogP contribution >= 0.6 is 0 Å². The minimum absolute atomic E-state index is 0.0844. The van der Waals surface area contributed by atoms with E-state index in [0.29, 0.717) is 18.2 Å². The van der Waals surface area contributed by atoms with Crippen LogP contribution in [0.25, 0.3) is 22.2 Å². The first-order chi connectivity index (χ1) is 19.6. The Kier molecular flexibility index (Phi) is 7.95. The molecule has 5 rings (SSSR count). The maximum atomic E-state index is 15.3. The molecule has 9 nitrogen and oxygen atoms in total. The lowest BCUT2D eigenvalue weighted by Crippen LogP contribution is -2.44. The lowest BCUT2D eigenvalue weighted by molar-refractivity contribution is 0.254. The maximum Gasteiger partial charge on any atom is 0.260 e. The molecule has 216 valence electrons. The van der Waals surface area contributed by atoms with Crippen LogP contribution in [0.2, 0.25) is 0 Å². The lowest BCUT2D eigenvalue weighted by atomic mass is 10.0. The van der Waals surface area contributed by atoms with E-state index in [9.17, 15) is 17.6 Å². The van der Waals surface area contributed by atoms with E-state index in [1.807, 2.05) is 0 Å². The Balaban J connectivity index is 1.50. The largest absolute Gasteiger partial charge is 0.350 e. The topological polar surface area (TPSA) is 118 Å². The van der Waals surface area contributed by atoms with Crippen molar-refractivity contribution in [3.8, 4) is 11.1 Å².